The molecule has 7 heteroatoms. The maximum absolute atomic E-state index is 12.1. The number of carbonyl (C=O) groups excluding carboxylic acids is 2. The number of anilines is 1. The number of hydrogen-bond acceptors (Lipinski definition) is 4. The van der Waals surface area contributed by atoms with E-state index in [1.54, 1.807) is 18.5 Å². The number of hydrogen-bond donors (Lipinski definition) is 2. The van der Waals surface area contributed by atoms with E-state index in [0.717, 1.165) is 11.4 Å². The van der Waals surface area contributed by atoms with E-state index in [0.29, 0.717) is 30.6 Å². The van der Waals surface area contributed by atoms with E-state index in [-0.39, 0.29) is 11.8 Å². The minimum atomic E-state index is -0.132. The zero-order chi connectivity index (χ0) is 19.1. The zero-order valence-electron chi connectivity index (χ0n) is 15.1. The van der Waals surface area contributed by atoms with Gasteiger partial charge in [0.1, 0.15) is 6.33 Å². The molecule has 2 amide bonds. The van der Waals surface area contributed by atoms with Gasteiger partial charge in [-0.2, -0.15) is 0 Å². The number of rotatable bonds is 7. The molecule has 3 aromatic rings. The maximum atomic E-state index is 12.1. The molecule has 27 heavy (non-hydrogen) atoms. The molecule has 0 fully saturated rings. The second-order valence-corrected chi connectivity index (χ2v) is 6.12. The van der Waals surface area contributed by atoms with Gasteiger partial charge in [0.25, 0.3) is 5.91 Å². The molecule has 0 aliphatic heterocycles. The fourth-order valence-electron chi connectivity index (χ4n) is 2.65. The highest BCUT2D eigenvalue weighted by Crippen LogP contribution is 2.20. The highest BCUT2D eigenvalue weighted by atomic mass is 16.2. The summed E-state index contributed by atoms with van der Waals surface area (Å²) < 4.78 is 1.82. The first-order valence-corrected chi connectivity index (χ1v) is 8.71. The molecule has 0 bridgehead atoms. The summed E-state index contributed by atoms with van der Waals surface area (Å²) in [7, 11) is 1.87. The quantitative estimate of drug-likeness (QED) is 0.632. The van der Waals surface area contributed by atoms with Crippen LogP contribution in [0.25, 0.3) is 11.4 Å². The number of carbonyl (C=O) groups is 2. The van der Waals surface area contributed by atoms with Crippen LogP contribution in [-0.4, -0.2) is 33.1 Å². The van der Waals surface area contributed by atoms with Crippen LogP contribution < -0.4 is 10.6 Å². The first-order valence-electron chi connectivity index (χ1n) is 8.71. The van der Waals surface area contributed by atoms with Gasteiger partial charge in [-0.25, -0.2) is 0 Å². The summed E-state index contributed by atoms with van der Waals surface area (Å²) in [5.74, 6) is 0.501. The summed E-state index contributed by atoms with van der Waals surface area (Å²) in [6.45, 7) is 0.445. The standard InChI is InChI=1S/C20H21N5O2/c1-25-14-22-24-19(25)16-9-5-10-17(13-16)23-18(26)11-6-12-21-20(27)15-7-3-2-4-8-15/h2-5,7-10,13-14H,6,11-12H2,1H3,(H,21,27)(H,23,26). The fourth-order valence-corrected chi connectivity index (χ4v) is 2.65. The van der Waals surface area contributed by atoms with Gasteiger partial charge in [0, 0.05) is 36.8 Å². The fraction of sp³-hybridized carbons (Fsp3) is 0.200. The van der Waals surface area contributed by atoms with Crippen LogP contribution in [0.2, 0.25) is 0 Å². The van der Waals surface area contributed by atoms with Crippen molar-refractivity contribution >= 4 is 17.5 Å². The molecular weight excluding hydrogens is 342 g/mol. The summed E-state index contributed by atoms with van der Waals surface area (Å²) >= 11 is 0. The number of benzene rings is 2. The van der Waals surface area contributed by atoms with E-state index in [4.69, 9.17) is 0 Å². The molecule has 0 atom stereocenters. The lowest BCUT2D eigenvalue weighted by atomic mass is 10.2. The number of aromatic nitrogens is 3. The molecule has 0 saturated carbocycles. The molecule has 0 aliphatic rings. The predicted molar refractivity (Wildman–Crippen MR) is 103 cm³/mol. The van der Waals surface area contributed by atoms with Crippen molar-refractivity contribution in [2.45, 2.75) is 12.8 Å². The van der Waals surface area contributed by atoms with Gasteiger partial charge < -0.3 is 15.2 Å². The number of amides is 2. The zero-order valence-corrected chi connectivity index (χ0v) is 15.1. The average Bonchev–Trinajstić information content (AvgIpc) is 3.12. The molecular formula is C20H21N5O2. The highest BCUT2D eigenvalue weighted by Gasteiger charge is 2.08. The van der Waals surface area contributed by atoms with Crippen LogP contribution in [0.5, 0.6) is 0 Å². The van der Waals surface area contributed by atoms with E-state index in [1.165, 1.54) is 0 Å². The third-order valence-electron chi connectivity index (χ3n) is 4.02. The van der Waals surface area contributed by atoms with Crippen molar-refractivity contribution in [1.82, 2.24) is 20.1 Å². The maximum Gasteiger partial charge on any atom is 0.251 e. The van der Waals surface area contributed by atoms with Crippen LogP contribution >= 0.6 is 0 Å². The van der Waals surface area contributed by atoms with Gasteiger partial charge in [-0.3, -0.25) is 9.59 Å². The van der Waals surface area contributed by atoms with Crippen molar-refractivity contribution in [2.24, 2.45) is 7.05 Å². The summed E-state index contributed by atoms with van der Waals surface area (Å²) in [5, 5.41) is 13.6. The molecule has 1 heterocycles. The molecule has 0 unspecified atom stereocenters. The van der Waals surface area contributed by atoms with E-state index < -0.39 is 0 Å². The molecule has 0 aliphatic carbocycles. The van der Waals surface area contributed by atoms with E-state index >= 15 is 0 Å². The van der Waals surface area contributed by atoms with Gasteiger partial charge in [0.05, 0.1) is 0 Å². The van der Waals surface area contributed by atoms with Crippen LogP contribution in [0, 0.1) is 0 Å². The van der Waals surface area contributed by atoms with Gasteiger partial charge in [0.15, 0.2) is 5.82 Å². The number of nitrogens with one attached hydrogen (secondary N) is 2. The molecule has 1 aromatic heterocycles. The van der Waals surface area contributed by atoms with Crippen molar-refractivity contribution in [1.29, 1.82) is 0 Å². The summed E-state index contributed by atoms with van der Waals surface area (Å²) in [6, 6.07) is 16.5. The second kappa shape index (κ2) is 8.75. The van der Waals surface area contributed by atoms with E-state index in [2.05, 4.69) is 20.8 Å². The Hall–Kier alpha value is -3.48. The molecule has 2 N–H and O–H groups in total. The Morgan fingerprint density at radius 1 is 1.07 bits per heavy atom. The average molecular weight is 363 g/mol. The third kappa shape index (κ3) is 5.01. The van der Waals surface area contributed by atoms with Crippen molar-refractivity contribution in [3.63, 3.8) is 0 Å². The minimum Gasteiger partial charge on any atom is -0.352 e. The normalized spacial score (nSPS) is 10.4. The molecule has 0 radical (unpaired) electrons. The Kier molecular flexibility index (Phi) is 5.94. The number of aryl methyl sites for hydroxylation is 1. The smallest absolute Gasteiger partial charge is 0.251 e. The van der Waals surface area contributed by atoms with Crippen LogP contribution in [0.4, 0.5) is 5.69 Å². The van der Waals surface area contributed by atoms with Gasteiger partial charge >= 0.3 is 0 Å². The Morgan fingerprint density at radius 2 is 1.89 bits per heavy atom. The van der Waals surface area contributed by atoms with Crippen molar-refractivity contribution in [2.75, 3.05) is 11.9 Å². The third-order valence-corrected chi connectivity index (χ3v) is 4.02. The Morgan fingerprint density at radius 3 is 2.63 bits per heavy atom. The molecule has 0 spiro atoms. The van der Waals surface area contributed by atoms with Crippen molar-refractivity contribution in [3.05, 3.63) is 66.5 Å². The monoisotopic (exact) mass is 363 g/mol. The SMILES string of the molecule is Cn1cnnc1-c1cccc(NC(=O)CCCNC(=O)c2ccccc2)c1. The lowest BCUT2D eigenvalue weighted by molar-refractivity contribution is -0.116. The van der Waals surface area contributed by atoms with Gasteiger partial charge in [-0.15, -0.1) is 10.2 Å². The first kappa shape index (κ1) is 18.3. The Labute approximate surface area is 157 Å². The summed E-state index contributed by atoms with van der Waals surface area (Å²) in [5.41, 5.74) is 2.19. The largest absolute Gasteiger partial charge is 0.352 e. The van der Waals surface area contributed by atoms with Crippen molar-refractivity contribution < 1.29 is 9.59 Å². The molecule has 0 saturated heterocycles. The first-order chi connectivity index (χ1) is 13.1. The van der Waals surface area contributed by atoms with Crippen LogP contribution in [0.1, 0.15) is 23.2 Å². The topological polar surface area (TPSA) is 88.9 Å². The lowest BCUT2D eigenvalue weighted by Gasteiger charge is -2.08. The van der Waals surface area contributed by atoms with Gasteiger partial charge in [0.2, 0.25) is 5.91 Å². The Bertz CT molecular complexity index is 921. The van der Waals surface area contributed by atoms with Crippen LogP contribution in [0.3, 0.4) is 0 Å². The second-order valence-electron chi connectivity index (χ2n) is 6.12. The summed E-state index contributed by atoms with van der Waals surface area (Å²) in [6.07, 6.45) is 2.51. The minimum absolute atomic E-state index is 0.0981. The molecule has 138 valence electrons. The van der Waals surface area contributed by atoms with Gasteiger partial charge in [-0.05, 0) is 30.7 Å². The molecule has 3 rings (SSSR count). The lowest BCUT2D eigenvalue weighted by Crippen LogP contribution is -2.25. The molecule has 7 nitrogen and oxygen atoms in total. The highest BCUT2D eigenvalue weighted by molar-refractivity contribution is 5.94. The molecule has 2 aromatic carbocycles. The van der Waals surface area contributed by atoms with Gasteiger partial charge in [-0.1, -0.05) is 30.3 Å². The van der Waals surface area contributed by atoms with Crippen LogP contribution in [-0.2, 0) is 11.8 Å². The Balaban J connectivity index is 1.46. The predicted octanol–water partition coefficient (Wildman–Crippen LogP) is 2.63. The van der Waals surface area contributed by atoms with Crippen molar-refractivity contribution in [3.8, 4) is 11.4 Å². The number of nitrogens with zero attached hydrogens (tertiary/aromatic N) is 3. The van der Waals surface area contributed by atoms with Crippen LogP contribution in [0.15, 0.2) is 60.9 Å². The van der Waals surface area contributed by atoms with E-state index in [1.807, 2.05) is 54.1 Å². The summed E-state index contributed by atoms with van der Waals surface area (Å²) in [4.78, 5) is 24.1. The van der Waals surface area contributed by atoms with E-state index in [9.17, 15) is 9.59 Å².